The quantitative estimate of drug-likeness (QED) is 0.567. The molecule has 7 nitrogen and oxygen atoms in total. The van der Waals surface area contributed by atoms with Gasteiger partial charge in [-0.15, -0.1) is 11.3 Å². The number of methoxy groups -OCH3 is 2. The zero-order chi connectivity index (χ0) is 23.4. The van der Waals surface area contributed by atoms with Crippen LogP contribution in [0.3, 0.4) is 0 Å². The predicted molar refractivity (Wildman–Crippen MR) is 129 cm³/mol. The van der Waals surface area contributed by atoms with E-state index in [4.69, 9.17) is 9.47 Å². The number of aryl methyl sites for hydroxylation is 1. The van der Waals surface area contributed by atoms with Gasteiger partial charge in [0.05, 0.1) is 20.3 Å². The predicted octanol–water partition coefficient (Wildman–Crippen LogP) is 3.46. The maximum atomic E-state index is 13.7. The monoisotopic (exact) mass is 471 g/mol. The molecule has 1 aromatic heterocycles. The van der Waals surface area contributed by atoms with Gasteiger partial charge >= 0.3 is 6.03 Å². The van der Waals surface area contributed by atoms with Crippen LogP contribution in [0.2, 0.25) is 0 Å². The van der Waals surface area contributed by atoms with Gasteiger partial charge in [0.15, 0.2) is 0 Å². The molecular formula is C25H33N3O4S. The van der Waals surface area contributed by atoms with Crippen molar-refractivity contribution in [2.75, 3.05) is 40.5 Å². The molecule has 1 N–H and O–H groups in total. The molecule has 0 bridgehead atoms. The standard InChI is InChI=1S/C25H33N3O4S/c1-18-9-14-33-22(18)17-27-10-7-20(8-11-27)25(16-19-5-4-6-21(15-19)32-3)23(29)28(12-13-31-2)24(30)26-25/h4-6,9,14-15,20H,7-8,10-13,16-17H2,1-3H3,(H,26,30)/t25-/m0/s1. The smallest absolute Gasteiger partial charge is 0.325 e. The molecule has 3 heterocycles. The molecule has 178 valence electrons. The van der Waals surface area contributed by atoms with Crippen LogP contribution in [0, 0.1) is 12.8 Å². The Morgan fingerprint density at radius 3 is 2.64 bits per heavy atom. The number of nitrogens with zero attached hydrogens (tertiary/aromatic N) is 2. The van der Waals surface area contributed by atoms with Crippen molar-refractivity contribution in [3.8, 4) is 5.75 Å². The van der Waals surface area contributed by atoms with E-state index in [1.165, 1.54) is 15.3 Å². The molecule has 1 aromatic carbocycles. The van der Waals surface area contributed by atoms with Crippen LogP contribution in [-0.4, -0.2) is 67.7 Å². The number of benzene rings is 1. The fraction of sp³-hybridized carbons (Fsp3) is 0.520. The van der Waals surface area contributed by atoms with E-state index in [0.29, 0.717) is 13.0 Å². The van der Waals surface area contributed by atoms with Gasteiger partial charge < -0.3 is 14.8 Å². The zero-order valence-corrected chi connectivity index (χ0v) is 20.5. The molecule has 0 saturated carbocycles. The Morgan fingerprint density at radius 2 is 1.97 bits per heavy atom. The Balaban J connectivity index is 1.55. The number of ether oxygens (including phenoxy) is 2. The Kier molecular flexibility index (Phi) is 7.36. The van der Waals surface area contributed by atoms with Crippen LogP contribution in [0.1, 0.15) is 28.8 Å². The summed E-state index contributed by atoms with van der Waals surface area (Å²) in [5, 5.41) is 5.27. The van der Waals surface area contributed by atoms with Crippen molar-refractivity contribution in [3.63, 3.8) is 0 Å². The molecule has 4 rings (SSSR count). The summed E-state index contributed by atoms with van der Waals surface area (Å²) in [6, 6.07) is 9.61. The van der Waals surface area contributed by atoms with Crippen molar-refractivity contribution < 1.29 is 19.1 Å². The van der Waals surface area contributed by atoms with Gasteiger partial charge in [-0.3, -0.25) is 14.6 Å². The number of hydrogen-bond donors (Lipinski definition) is 1. The van der Waals surface area contributed by atoms with Crippen LogP contribution in [-0.2, 0) is 22.5 Å². The highest BCUT2D eigenvalue weighted by Gasteiger charge is 2.55. The highest BCUT2D eigenvalue weighted by molar-refractivity contribution is 7.10. The van der Waals surface area contributed by atoms with Crippen molar-refractivity contribution in [2.45, 2.75) is 38.3 Å². The first-order valence-electron chi connectivity index (χ1n) is 11.5. The first-order chi connectivity index (χ1) is 16.0. The lowest BCUT2D eigenvalue weighted by atomic mass is 9.74. The van der Waals surface area contributed by atoms with E-state index in [0.717, 1.165) is 43.8 Å². The summed E-state index contributed by atoms with van der Waals surface area (Å²) in [5.41, 5.74) is 1.37. The molecular weight excluding hydrogens is 438 g/mol. The lowest BCUT2D eigenvalue weighted by Gasteiger charge is -2.41. The molecule has 0 spiro atoms. The van der Waals surface area contributed by atoms with Gasteiger partial charge in [-0.25, -0.2) is 4.79 Å². The highest BCUT2D eigenvalue weighted by atomic mass is 32.1. The fourth-order valence-corrected chi connectivity index (χ4v) is 5.98. The van der Waals surface area contributed by atoms with Crippen molar-refractivity contribution in [3.05, 3.63) is 51.7 Å². The molecule has 2 fully saturated rings. The molecule has 2 saturated heterocycles. The first-order valence-corrected chi connectivity index (χ1v) is 12.4. The third kappa shape index (κ3) is 4.93. The number of thiophene rings is 1. The number of amides is 3. The van der Waals surface area contributed by atoms with E-state index in [9.17, 15) is 9.59 Å². The van der Waals surface area contributed by atoms with Gasteiger partial charge in [0.1, 0.15) is 11.3 Å². The third-order valence-electron chi connectivity index (χ3n) is 6.96. The minimum Gasteiger partial charge on any atom is -0.497 e. The second kappa shape index (κ2) is 10.2. The number of hydrogen-bond acceptors (Lipinski definition) is 6. The summed E-state index contributed by atoms with van der Waals surface area (Å²) >= 11 is 1.80. The molecule has 0 unspecified atom stereocenters. The van der Waals surface area contributed by atoms with Crippen LogP contribution in [0.4, 0.5) is 4.79 Å². The minimum atomic E-state index is -0.942. The zero-order valence-electron chi connectivity index (χ0n) is 19.6. The van der Waals surface area contributed by atoms with E-state index in [1.54, 1.807) is 25.6 Å². The highest BCUT2D eigenvalue weighted by Crippen LogP contribution is 2.37. The Bertz CT molecular complexity index is 986. The summed E-state index contributed by atoms with van der Waals surface area (Å²) < 4.78 is 10.5. The van der Waals surface area contributed by atoms with Crippen molar-refractivity contribution in [1.29, 1.82) is 0 Å². The molecule has 2 aliphatic heterocycles. The number of piperidine rings is 1. The average Bonchev–Trinajstić information content (AvgIpc) is 3.33. The van der Waals surface area contributed by atoms with Gasteiger partial charge in [0.25, 0.3) is 5.91 Å². The maximum absolute atomic E-state index is 13.7. The number of imide groups is 1. The summed E-state index contributed by atoms with van der Waals surface area (Å²) in [6.07, 6.45) is 2.17. The number of nitrogens with one attached hydrogen (secondary N) is 1. The molecule has 3 amide bonds. The van der Waals surface area contributed by atoms with Gasteiger partial charge in [0.2, 0.25) is 0 Å². The topological polar surface area (TPSA) is 71.1 Å². The van der Waals surface area contributed by atoms with Crippen molar-refractivity contribution in [2.24, 2.45) is 5.92 Å². The Labute approximate surface area is 199 Å². The van der Waals surface area contributed by atoms with Gasteiger partial charge in [0, 0.05) is 25.0 Å². The van der Waals surface area contributed by atoms with Crippen molar-refractivity contribution >= 4 is 23.3 Å². The second-order valence-electron chi connectivity index (χ2n) is 8.96. The van der Waals surface area contributed by atoms with Crippen LogP contribution in [0.25, 0.3) is 0 Å². The lowest BCUT2D eigenvalue weighted by molar-refractivity contribution is -0.134. The van der Waals surface area contributed by atoms with Gasteiger partial charge in [-0.2, -0.15) is 0 Å². The fourth-order valence-electron chi connectivity index (χ4n) is 5.03. The van der Waals surface area contributed by atoms with Crippen molar-refractivity contribution in [1.82, 2.24) is 15.1 Å². The number of carbonyl (C=O) groups is 2. The minimum absolute atomic E-state index is 0.0633. The molecule has 2 aromatic rings. The average molecular weight is 472 g/mol. The van der Waals surface area contributed by atoms with Crippen LogP contribution < -0.4 is 10.1 Å². The maximum Gasteiger partial charge on any atom is 0.325 e. The summed E-state index contributed by atoms with van der Waals surface area (Å²) in [7, 11) is 3.21. The Hall–Kier alpha value is -2.42. The molecule has 2 aliphatic rings. The summed E-state index contributed by atoms with van der Waals surface area (Å²) in [4.78, 5) is 31.8. The van der Waals surface area contributed by atoms with Gasteiger partial charge in [-0.1, -0.05) is 12.1 Å². The van der Waals surface area contributed by atoms with Gasteiger partial charge in [-0.05, 0) is 73.5 Å². The van der Waals surface area contributed by atoms with E-state index in [-0.39, 0.29) is 24.4 Å². The molecule has 0 radical (unpaired) electrons. The first kappa shape index (κ1) is 23.7. The summed E-state index contributed by atoms with van der Waals surface area (Å²) in [6.45, 7) is 5.50. The van der Waals surface area contributed by atoms with Crippen LogP contribution >= 0.6 is 11.3 Å². The Morgan fingerprint density at radius 1 is 1.18 bits per heavy atom. The van der Waals surface area contributed by atoms with E-state index < -0.39 is 5.54 Å². The summed E-state index contributed by atoms with van der Waals surface area (Å²) in [5.74, 6) is 0.671. The SMILES string of the molecule is COCCN1C(=O)N[C@@](Cc2cccc(OC)c2)(C2CCN(Cc3sccc3C)CC2)C1=O. The molecule has 8 heteroatoms. The second-order valence-corrected chi connectivity index (χ2v) is 9.96. The number of likely N-dealkylation sites (tertiary alicyclic amines) is 1. The normalized spacial score (nSPS) is 22.1. The van der Waals surface area contributed by atoms with Crippen LogP contribution in [0.5, 0.6) is 5.75 Å². The number of urea groups is 1. The van der Waals surface area contributed by atoms with E-state index in [2.05, 4.69) is 28.6 Å². The molecule has 33 heavy (non-hydrogen) atoms. The van der Waals surface area contributed by atoms with E-state index >= 15 is 0 Å². The molecule has 0 aliphatic carbocycles. The lowest BCUT2D eigenvalue weighted by Crippen LogP contribution is -2.57. The molecule has 1 atom stereocenters. The van der Waals surface area contributed by atoms with Crippen LogP contribution in [0.15, 0.2) is 35.7 Å². The number of carbonyl (C=O) groups excluding carboxylic acids is 2. The van der Waals surface area contributed by atoms with E-state index in [1.807, 2.05) is 24.3 Å². The number of rotatable bonds is 9. The third-order valence-corrected chi connectivity index (χ3v) is 7.97. The largest absolute Gasteiger partial charge is 0.497 e.